The molecule has 2 aromatic carbocycles. The molecule has 21 heavy (non-hydrogen) atoms. The second kappa shape index (κ2) is 7.06. The monoisotopic (exact) mass is 403 g/mol. The number of hydrogen-bond donors (Lipinski definition) is 1. The van der Waals surface area contributed by atoms with Crippen LogP contribution in [-0.2, 0) is 0 Å². The Morgan fingerprint density at radius 2 is 1.90 bits per heavy atom. The Bertz CT molecular complexity index is 619. The molecular formula is C16H16F2INO. The minimum absolute atomic E-state index is 0.00927. The summed E-state index contributed by atoms with van der Waals surface area (Å²) in [5.74, 6) is 0.176. The molecule has 0 bridgehead atoms. The van der Waals surface area contributed by atoms with E-state index in [9.17, 15) is 8.78 Å². The van der Waals surface area contributed by atoms with Crippen molar-refractivity contribution in [2.45, 2.75) is 26.5 Å². The van der Waals surface area contributed by atoms with Gasteiger partial charge < -0.3 is 10.1 Å². The predicted molar refractivity (Wildman–Crippen MR) is 89.0 cm³/mol. The van der Waals surface area contributed by atoms with E-state index in [1.165, 1.54) is 9.64 Å². The van der Waals surface area contributed by atoms with Crippen LogP contribution >= 0.6 is 22.6 Å². The van der Waals surface area contributed by atoms with Crippen LogP contribution in [0.3, 0.4) is 0 Å². The van der Waals surface area contributed by atoms with E-state index < -0.39 is 6.61 Å². The average molecular weight is 403 g/mol. The van der Waals surface area contributed by atoms with Gasteiger partial charge in [0.05, 0.1) is 0 Å². The Kier molecular flexibility index (Phi) is 5.39. The molecule has 0 aromatic heterocycles. The molecule has 2 rings (SSSR count). The Balaban J connectivity index is 2.14. The van der Waals surface area contributed by atoms with Crippen molar-refractivity contribution in [2.24, 2.45) is 0 Å². The molecule has 0 aliphatic heterocycles. The third-order valence-electron chi connectivity index (χ3n) is 3.14. The summed E-state index contributed by atoms with van der Waals surface area (Å²) in [6.45, 7) is 1.22. The van der Waals surface area contributed by atoms with E-state index in [4.69, 9.17) is 0 Å². The third-order valence-corrected chi connectivity index (χ3v) is 3.81. The average Bonchev–Trinajstić information content (AvgIpc) is 2.41. The summed E-state index contributed by atoms with van der Waals surface area (Å²) in [6.07, 6.45) is 0. The highest BCUT2D eigenvalue weighted by Gasteiger charge is 2.10. The number of halogens is 3. The number of aryl methyl sites for hydroxylation is 1. The number of alkyl halides is 2. The maximum Gasteiger partial charge on any atom is 0.387 e. The second-order valence-corrected chi connectivity index (χ2v) is 6.02. The zero-order chi connectivity index (χ0) is 15.4. The third kappa shape index (κ3) is 4.56. The van der Waals surface area contributed by atoms with Crippen LogP contribution in [0.1, 0.15) is 24.1 Å². The molecule has 1 N–H and O–H groups in total. The van der Waals surface area contributed by atoms with Crippen molar-refractivity contribution in [3.8, 4) is 5.75 Å². The van der Waals surface area contributed by atoms with Gasteiger partial charge in [0, 0.05) is 15.3 Å². The van der Waals surface area contributed by atoms with Gasteiger partial charge in [-0.3, -0.25) is 0 Å². The SMILES string of the molecule is Cc1cc(I)ccc1NC(C)c1cccc(OC(F)F)c1. The number of ether oxygens (including phenoxy) is 1. The van der Waals surface area contributed by atoms with Crippen LogP contribution in [0.5, 0.6) is 5.75 Å². The first-order valence-electron chi connectivity index (χ1n) is 6.53. The molecule has 0 radical (unpaired) electrons. The number of hydrogen-bond acceptors (Lipinski definition) is 2. The van der Waals surface area contributed by atoms with Crippen LogP contribution in [0.2, 0.25) is 0 Å². The van der Waals surface area contributed by atoms with Crippen molar-refractivity contribution in [3.05, 3.63) is 57.2 Å². The second-order valence-electron chi connectivity index (χ2n) is 4.78. The fourth-order valence-electron chi connectivity index (χ4n) is 2.07. The van der Waals surface area contributed by atoms with Gasteiger partial charge in [0.1, 0.15) is 5.75 Å². The molecule has 0 saturated heterocycles. The number of nitrogens with one attached hydrogen (secondary N) is 1. The van der Waals surface area contributed by atoms with Crippen molar-refractivity contribution in [1.29, 1.82) is 0 Å². The Morgan fingerprint density at radius 1 is 1.14 bits per heavy atom. The molecule has 0 amide bonds. The molecule has 1 unspecified atom stereocenters. The van der Waals surface area contributed by atoms with Crippen LogP contribution in [-0.4, -0.2) is 6.61 Å². The van der Waals surface area contributed by atoms with Gasteiger partial charge in [-0.15, -0.1) is 0 Å². The van der Waals surface area contributed by atoms with Crippen molar-refractivity contribution >= 4 is 28.3 Å². The minimum Gasteiger partial charge on any atom is -0.435 e. The van der Waals surface area contributed by atoms with Crippen LogP contribution in [0.15, 0.2) is 42.5 Å². The van der Waals surface area contributed by atoms with E-state index in [2.05, 4.69) is 38.7 Å². The first-order chi connectivity index (χ1) is 9.95. The molecule has 2 aromatic rings. The zero-order valence-electron chi connectivity index (χ0n) is 11.7. The van der Waals surface area contributed by atoms with Crippen LogP contribution in [0.4, 0.5) is 14.5 Å². The minimum atomic E-state index is -2.80. The first kappa shape index (κ1) is 16.0. The highest BCUT2D eigenvalue weighted by molar-refractivity contribution is 14.1. The summed E-state index contributed by atoms with van der Waals surface area (Å²) < 4.78 is 30.1. The topological polar surface area (TPSA) is 21.3 Å². The van der Waals surface area contributed by atoms with Crippen molar-refractivity contribution in [2.75, 3.05) is 5.32 Å². The van der Waals surface area contributed by atoms with Crippen molar-refractivity contribution in [3.63, 3.8) is 0 Å². The fraction of sp³-hybridized carbons (Fsp3) is 0.250. The molecule has 5 heteroatoms. The van der Waals surface area contributed by atoms with E-state index >= 15 is 0 Å². The fourth-order valence-corrected chi connectivity index (χ4v) is 2.71. The Hall–Kier alpha value is -1.37. The summed E-state index contributed by atoms with van der Waals surface area (Å²) in [7, 11) is 0. The van der Waals surface area contributed by atoms with Crippen molar-refractivity contribution < 1.29 is 13.5 Å². The van der Waals surface area contributed by atoms with Gasteiger partial charge in [-0.1, -0.05) is 12.1 Å². The zero-order valence-corrected chi connectivity index (χ0v) is 13.9. The maximum atomic E-state index is 12.3. The molecule has 0 aliphatic rings. The maximum absolute atomic E-state index is 12.3. The lowest BCUT2D eigenvalue weighted by Gasteiger charge is -2.18. The molecule has 0 spiro atoms. The number of benzene rings is 2. The van der Waals surface area contributed by atoms with E-state index in [1.807, 2.05) is 32.0 Å². The normalized spacial score (nSPS) is 12.3. The van der Waals surface area contributed by atoms with Crippen molar-refractivity contribution in [1.82, 2.24) is 0 Å². The first-order valence-corrected chi connectivity index (χ1v) is 7.61. The summed E-state index contributed by atoms with van der Waals surface area (Å²) in [5.41, 5.74) is 3.07. The predicted octanol–water partition coefficient (Wildman–Crippen LogP) is 5.37. The Morgan fingerprint density at radius 3 is 2.57 bits per heavy atom. The van der Waals surface area contributed by atoms with Gasteiger partial charge in [-0.25, -0.2) is 0 Å². The standard InChI is InChI=1S/C16H16F2INO/c1-10-8-13(19)6-7-15(10)20-11(2)12-4-3-5-14(9-12)21-16(17)18/h3-9,11,16,20H,1-2H3. The molecule has 0 aliphatic carbocycles. The molecule has 2 nitrogen and oxygen atoms in total. The molecule has 0 heterocycles. The Labute approximate surface area is 136 Å². The number of anilines is 1. The lowest BCUT2D eigenvalue weighted by molar-refractivity contribution is -0.0498. The smallest absolute Gasteiger partial charge is 0.387 e. The van der Waals surface area contributed by atoms with Crippen LogP contribution in [0.25, 0.3) is 0 Å². The van der Waals surface area contributed by atoms with E-state index in [0.717, 1.165) is 16.8 Å². The van der Waals surface area contributed by atoms with Gasteiger partial charge in [-0.2, -0.15) is 8.78 Å². The molecule has 0 fully saturated rings. The summed E-state index contributed by atoms with van der Waals surface area (Å²) >= 11 is 2.27. The van der Waals surface area contributed by atoms with Gasteiger partial charge in [0.2, 0.25) is 0 Å². The molecule has 1 atom stereocenters. The summed E-state index contributed by atoms with van der Waals surface area (Å²) in [4.78, 5) is 0. The van der Waals surface area contributed by atoms with E-state index in [-0.39, 0.29) is 11.8 Å². The van der Waals surface area contributed by atoms with Gasteiger partial charge in [-0.05, 0) is 77.9 Å². The highest BCUT2D eigenvalue weighted by atomic mass is 127. The van der Waals surface area contributed by atoms with Gasteiger partial charge in [0.25, 0.3) is 0 Å². The summed E-state index contributed by atoms with van der Waals surface area (Å²) in [6, 6.07) is 12.9. The lowest BCUT2D eigenvalue weighted by Crippen LogP contribution is -2.08. The highest BCUT2D eigenvalue weighted by Crippen LogP contribution is 2.26. The molecule has 0 saturated carbocycles. The molecular weight excluding hydrogens is 387 g/mol. The quantitative estimate of drug-likeness (QED) is 0.678. The molecule has 112 valence electrons. The van der Waals surface area contributed by atoms with Crippen LogP contribution in [0, 0.1) is 10.5 Å². The number of rotatable bonds is 5. The summed E-state index contributed by atoms with van der Waals surface area (Å²) in [5, 5.41) is 3.39. The van der Waals surface area contributed by atoms with Gasteiger partial charge in [0.15, 0.2) is 0 Å². The van der Waals surface area contributed by atoms with E-state index in [1.54, 1.807) is 12.1 Å². The lowest BCUT2D eigenvalue weighted by atomic mass is 10.1. The largest absolute Gasteiger partial charge is 0.435 e. The van der Waals surface area contributed by atoms with Crippen LogP contribution < -0.4 is 10.1 Å². The van der Waals surface area contributed by atoms with E-state index in [0.29, 0.717) is 0 Å². The van der Waals surface area contributed by atoms with Gasteiger partial charge >= 0.3 is 6.61 Å².